The molecule has 4 heteroatoms. The Morgan fingerprint density at radius 2 is 2.00 bits per heavy atom. The van der Waals surface area contributed by atoms with Gasteiger partial charge in [0, 0.05) is 18.3 Å². The van der Waals surface area contributed by atoms with E-state index in [0.717, 1.165) is 5.69 Å². The Morgan fingerprint density at radius 3 is 2.17 bits per heavy atom. The lowest BCUT2D eigenvalue weighted by Gasteiger charge is -1.99. The average Bonchev–Trinajstić information content (AvgIpc) is 2.16. The predicted molar refractivity (Wildman–Crippen MR) is 46.3 cm³/mol. The van der Waals surface area contributed by atoms with Gasteiger partial charge in [-0.3, -0.25) is 0 Å². The van der Waals surface area contributed by atoms with Crippen LogP contribution in [0, 0.1) is 13.8 Å². The maximum atomic E-state index is 10.7. The van der Waals surface area contributed by atoms with Crippen molar-refractivity contribution in [3.05, 3.63) is 17.0 Å². The third-order valence-corrected chi connectivity index (χ3v) is 2.19. The van der Waals surface area contributed by atoms with E-state index in [1.807, 2.05) is 0 Å². The molecule has 1 heterocycles. The number of hydrogen-bond acceptors (Lipinski definition) is 2. The molecule has 0 unspecified atom stereocenters. The summed E-state index contributed by atoms with van der Waals surface area (Å²) >= 11 is 0. The summed E-state index contributed by atoms with van der Waals surface area (Å²) in [5.41, 5.74) is 7.93. The zero-order valence-electron chi connectivity index (χ0n) is 7.38. The van der Waals surface area contributed by atoms with Crippen molar-refractivity contribution < 1.29 is 9.90 Å². The van der Waals surface area contributed by atoms with Gasteiger partial charge in [-0.05, 0) is 13.8 Å². The van der Waals surface area contributed by atoms with Crippen molar-refractivity contribution in [1.82, 2.24) is 4.57 Å². The summed E-state index contributed by atoms with van der Waals surface area (Å²) in [5, 5.41) is 8.81. The summed E-state index contributed by atoms with van der Waals surface area (Å²) in [7, 11) is 1.70. The zero-order valence-corrected chi connectivity index (χ0v) is 7.38. The highest BCUT2D eigenvalue weighted by atomic mass is 16.4. The molecule has 1 rings (SSSR count). The van der Waals surface area contributed by atoms with Crippen molar-refractivity contribution in [2.24, 2.45) is 7.05 Å². The summed E-state index contributed by atoms with van der Waals surface area (Å²) in [4.78, 5) is 10.7. The molecular formula is C8H12N2O2. The van der Waals surface area contributed by atoms with Crippen LogP contribution in [0.5, 0.6) is 0 Å². The van der Waals surface area contributed by atoms with Crippen LogP contribution in [0.25, 0.3) is 0 Å². The second-order valence-corrected chi connectivity index (χ2v) is 2.84. The fourth-order valence-electron chi connectivity index (χ4n) is 1.30. The molecule has 12 heavy (non-hydrogen) atoms. The molecule has 1 aromatic heterocycles. The largest absolute Gasteiger partial charge is 0.477 e. The highest BCUT2D eigenvalue weighted by molar-refractivity contribution is 5.90. The normalized spacial score (nSPS) is 10.2. The molecule has 0 saturated carbocycles. The topological polar surface area (TPSA) is 68.2 Å². The maximum Gasteiger partial charge on any atom is 0.352 e. The molecule has 0 aliphatic rings. The number of nitrogens with two attached hydrogens (primary N) is 1. The standard InChI is InChI=1S/C8H12N2O2/c1-4-6(9)5(2)10(3)7(4)8(11)12/h9H2,1-3H3,(H,11,12). The lowest BCUT2D eigenvalue weighted by Crippen LogP contribution is -2.06. The Labute approximate surface area is 70.6 Å². The SMILES string of the molecule is Cc1c(N)c(C)n(C)c1C(=O)O. The fourth-order valence-corrected chi connectivity index (χ4v) is 1.30. The van der Waals surface area contributed by atoms with Gasteiger partial charge in [-0.1, -0.05) is 0 Å². The average molecular weight is 168 g/mol. The first-order valence-electron chi connectivity index (χ1n) is 3.61. The molecule has 0 amide bonds. The molecule has 0 atom stereocenters. The van der Waals surface area contributed by atoms with Crippen molar-refractivity contribution in [3.63, 3.8) is 0 Å². The Balaban J connectivity index is 3.48. The molecule has 0 fully saturated rings. The van der Waals surface area contributed by atoms with Gasteiger partial charge in [0.1, 0.15) is 5.69 Å². The van der Waals surface area contributed by atoms with Gasteiger partial charge >= 0.3 is 5.97 Å². The lowest BCUT2D eigenvalue weighted by molar-refractivity contribution is 0.0685. The fraction of sp³-hybridized carbons (Fsp3) is 0.375. The van der Waals surface area contributed by atoms with E-state index in [-0.39, 0.29) is 5.69 Å². The van der Waals surface area contributed by atoms with Crippen molar-refractivity contribution in [2.75, 3.05) is 5.73 Å². The van der Waals surface area contributed by atoms with Crippen molar-refractivity contribution in [1.29, 1.82) is 0 Å². The van der Waals surface area contributed by atoms with Gasteiger partial charge in [0.15, 0.2) is 0 Å². The summed E-state index contributed by atoms with van der Waals surface area (Å²) in [5.74, 6) is -0.935. The number of aromatic nitrogens is 1. The smallest absolute Gasteiger partial charge is 0.352 e. The van der Waals surface area contributed by atoms with E-state index < -0.39 is 5.97 Å². The second-order valence-electron chi connectivity index (χ2n) is 2.84. The number of carbonyl (C=O) groups is 1. The summed E-state index contributed by atoms with van der Waals surface area (Å²) in [6.07, 6.45) is 0. The first kappa shape index (κ1) is 8.64. The van der Waals surface area contributed by atoms with Crippen LogP contribution in [0.2, 0.25) is 0 Å². The number of hydrogen-bond donors (Lipinski definition) is 2. The maximum absolute atomic E-state index is 10.7. The van der Waals surface area contributed by atoms with Gasteiger partial charge in [0.05, 0.1) is 5.69 Å². The summed E-state index contributed by atoms with van der Waals surface area (Å²) in [6.45, 7) is 3.51. The number of rotatable bonds is 1. The molecule has 0 bridgehead atoms. The van der Waals surface area contributed by atoms with Crippen LogP contribution >= 0.6 is 0 Å². The summed E-state index contributed by atoms with van der Waals surface area (Å²) < 4.78 is 1.59. The van der Waals surface area contributed by atoms with E-state index in [1.165, 1.54) is 0 Å². The highest BCUT2D eigenvalue weighted by Gasteiger charge is 2.17. The van der Waals surface area contributed by atoms with Crippen LogP contribution in [0.3, 0.4) is 0 Å². The van der Waals surface area contributed by atoms with Crippen LogP contribution in [0.15, 0.2) is 0 Å². The molecular weight excluding hydrogens is 156 g/mol. The van der Waals surface area contributed by atoms with E-state index >= 15 is 0 Å². The number of aromatic carboxylic acids is 1. The van der Waals surface area contributed by atoms with E-state index in [4.69, 9.17) is 10.8 Å². The Bertz CT molecular complexity index is 314. The number of anilines is 1. The number of carboxylic acid groups (broad SMARTS) is 1. The third-order valence-electron chi connectivity index (χ3n) is 2.19. The second kappa shape index (κ2) is 2.55. The number of nitrogens with zero attached hydrogens (tertiary/aromatic N) is 1. The Hall–Kier alpha value is -1.45. The number of nitrogen functional groups attached to an aromatic ring is 1. The van der Waals surface area contributed by atoms with Crippen LogP contribution < -0.4 is 5.73 Å². The molecule has 3 N–H and O–H groups in total. The van der Waals surface area contributed by atoms with Crippen LogP contribution in [-0.2, 0) is 7.05 Å². The minimum Gasteiger partial charge on any atom is -0.477 e. The van der Waals surface area contributed by atoms with Gasteiger partial charge in [0.2, 0.25) is 0 Å². The minimum atomic E-state index is -0.935. The Morgan fingerprint density at radius 1 is 1.50 bits per heavy atom. The first-order chi connectivity index (χ1) is 5.46. The monoisotopic (exact) mass is 168 g/mol. The van der Waals surface area contributed by atoms with Crippen molar-refractivity contribution in [2.45, 2.75) is 13.8 Å². The van der Waals surface area contributed by atoms with Crippen LogP contribution in [0.4, 0.5) is 5.69 Å². The first-order valence-corrected chi connectivity index (χ1v) is 3.61. The molecule has 0 aliphatic carbocycles. The molecule has 0 aromatic carbocycles. The molecule has 0 aliphatic heterocycles. The molecule has 0 saturated heterocycles. The summed E-state index contributed by atoms with van der Waals surface area (Å²) in [6, 6.07) is 0. The van der Waals surface area contributed by atoms with Crippen molar-refractivity contribution >= 4 is 11.7 Å². The minimum absolute atomic E-state index is 0.269. The van der Waals surface area contributed by atoms with Gasteiger partial charge in [-0.25, -0.2) is 4.79 Å². The lowest BCUT2D eigenvalue weighted by atomic mass is 10.2. The molecule has 0 spiro atoms. The molecule has 1 aromatic rings. The van der Waals surface area contributed by atoms with Gasteiger partial charge in [-0.2, -0.15) is 0 Å². The Kier molecular flexibility index (Phi) is 1.84. The van der Waals surface area contributed by atoms with Crippen LogP contribution in [-0.4, -0.2) is 15.6 Å². The van der Waals surface area contributed by atoms with Gasteiger partial charge in [-0.15, -0.1) is 0 Å². The van der Waals surface area contributed by atoms with Gasteiger partial charge in [0.25, 0.3) is 0 Å². The quantitative estimate of drug-likeness (QED) is 0.655. The predicted octanol–water partition coefficient (Wildman–Crippen LogP) is 0.922. The van der Waals surface area contributed by atoms with Gasteiger partial charge < -0.3 is 15.4 Å². The molecule has 66 valence electrons. The number of carboxylic acids is 1. The van der Waals surface area contributed by atoms with E-state index in [9.17, 15) is 4.79 Å². The van der Waals surface area contributed by atoms with E-state index in [2.05, 4.69) is 0 Å². The highest BCUT2D eigenvalue weighted by Crippen LogP contribution is 2.22. The van der Waals surface area contributed by atoms with E-state index in [0.29, 0.717) is 11.3 Å². The van der Waals surface area contributed by atoms with Crippen molar-refractivity contribution in [3.8, 4) is 0 Å². The van der Waals surface area contributed by atoms with E-state index in [1.54, 1.807) is 25.5 Å². The molecule has 4 nitrogen and oxygen atoms in total. The third kappa shape index (κ3) is 0.958. The zero-order chi connectivity index (χ0) is 9.46. The van der Waals surface area contributed by atoms with Crippen LogP contribution in [0.1, 0.15) is 21.7 Å². The molecule has 0 radical (unpaired) electrons.